The Morgan fingerprint density at radius 3 is 2.85 bits per heavy atom. The number of nitrogens with one attached hydrogen (secondary N) is 1. The Hall–Kier alpha value is -2.54. The van der Waals surface area contributed by atoms with Gasteiger partial charge in [-0.05, 0) is 37.0 Å². The number of benzene rings is 1. The first-order valence-electron chi connectivity index (χ1n) is 8.81. The molecule has 134 valence electrons. The number of hydrogen-bond acceptors (Lipinski definition) is 5. The molecule has 7 heteroatoms. The van der Waals surface area contributed by atoms with Gasteiger partial charge in [-0.1, -0.05) is 23.5 Å². The summed E-state index contributed by atoms with van der Waals surface area (Å²) < 4.78 is 0. The number of nitrogens with zero attached hydrogens (tertiary/aromatic N) is 2. The number of aryl methyl sites for hydroxylation is 1. The minimum atomic E-state index is -0.252. The Morgan fingerprint density at radius 1 is 1.19 bits per heavy atom. The molecule has 0 spiro atoms. The van der Waals surface area contributed by atoms with Crippen molar-refractivity contribution in [3.8, 4) is 0 Å². The van der Waals surface area contributed by atoms with Crippen LogP contribution in [0.25, 0.3) is 0 Å². The highest BCUT2D eigenvalue weighted by molar-refractivity contribution is 7.17. The number of amides is 2. The summed E-state index contributed by atoms with van der Waals surface area (Å²) in [6.07, 6.45) is 3.66. The lowest BCUT2D eigenvalue weighted by Crippen LogP contribution is -2.24. The van der Waals surface area contributed by atoms with Crippen LogP contribution in [0.4, 0.5) is 5.13 Å². The SMILES string of the molecule is O=C(Nc1nc2c(s1)C(=O)CCC2)c1cccc(CN2CCCC2=O)c1. The van der Waals surface area contributed by atoms with Crippen LogP contribution in [0.2, 0.25) is 0 Å². The van der Waals surface area contributed by atoms with E-state index in [9.17, 15) is 14.4 Å². The van der Waals surface area contributed by atoms with E-state index >= 15 is 0 Å². The molecule has 0 unspecified atom stereocenters. The fourth-order valence-corrected chi connectivity index (χ4v) is 4.37. The number of likely N-dealkylation sites (tertiary alicyclic amines) is 1. The van der Waals surface area contributed by atoms with E-state index in [1.807, 2.05) is 17.0 Å². The number of carbonyl (C=O) groups is 3. The molecular weight excluding hydrogens is 350 g/mol. The van der Waals surface area contributed by atoms with Crippen LogP contribution in [0.15, 0.2) is 24.3 Å². The van der Waals surface area contributed by atoms with E-state index in [4.69, 9.17) is 0 Å². The minimum absolute atomic E-state index is 0.113. The second kappa shape index (κ2) is 6.99. The van der Waals surface area contributed by atoms with Crippen LogP contribution in [0.5, 0.6) is 0 Å². The smallest absolute Gasteiger partial charge is 0.257 e. The van der Waals surface area contributed by atoms with E-state index in [0.717, 1.165) is 37.1 Å². The summed E-state index contributed by atoms with van der Waals surface area (Å²) in [5, 5.41) is 3.27. The van der Waals surface area contributed by atoms with E-state index in [0.29, 0.717) is 35.0 Å². The first-order valence-corrected chi connectivity index (χ1v) is 9.63. The summed E-state index contributed by atoms with van der Waals surface area (Å²) in [7, 11) is 0. The zero-order valence-electron chi connectivity index (χ0n) is 14.3. The monoisotopic (exact) mass is 369 g/mol. The van der Waals surface area contributed by atoms with Crippen molar-refractivity contribution in [2.45, 2.75) is 38.6 Å². The number of Topliss-reactive ketones (excluding diaryl/α,β-unsaturated/α-hetero) is 1. The molecule has 4 rings (SSSR count). The van der Waals surface area contributed by atoms with Crippen LogP contribution in [0, 0.1) is 0 Å². The van der Waals surface area contributed by atoms with Gasteiger partial charge in [0.1, 0.15) is 0 Å². The van der Waals surface area contributed by atoms with E-state index in [-0.39, 0.29) is 17.6 Å². The molecule has 26 heavy (non-hydrogen) atoms. The van der Waals surface area contributed by atoms with Gasteiger partial charge >= 0.3 is 0 Å². The molecule has 1 N–H and O–H groups in total. The minimum Gasteiger partial charge on any atom is -0.338 e. The Kier molecular flexibility index (Phi) is 4.55. The average molecular weight is 369 g/mol. The molecule has 1 fully saturated rings. The van der Waals surface area contributed by atoms with Crippen LogP contribution in [0.3, 0.4) is 0 Å². The Morgan fingerprint density at radius 2 is 2.08 bits per heavy atom. The third-order valence-corrected chi connectivity index (χ3v) is 5.78. The van der Waals surface area contributed by atoms with Gasteiger partial charge in [-0.25, -0.2) is 4.98 Å². The standard InChI is InChI=1S/C19H19N3O3S/c23-15-7-2-6-14-17(15)26-19(20-14)21-18(25)13-5-1-4-12(10-13)11-22-9-3-8-16(22)24/h1,4-5,10H,2-3,6-9,11H2,(H,20,21,25). The third-order valence-electron chi connectivity index (χ3n) is 4.72. The van der Waals surface area contributed by atoms with Gasteiger partial charge in [-0.2, -0.15) is 0 Å². The quantitative estimate of drug-likeness (QED) is 0.898. The summed E-state index contributed by atoms with van der Waals surface area (Å²) >= 11 is 1.25. The summed E-state index contributed by atoms with van der Waals surface area (Å²) in [4.78, 5) is 43.1. The van der Waals surface area contributed by atoms with Gasteiger partial charge in [-0.15, -0.1) is 0 Å². The molecule has 0 radical (unpaired) electrons. The number of ketones is 1. The lowest BCUT2D eigenvalue weighted by Gasteiger charge is -2.15. The molecule has 6 nitrogen and oxygen atoms in total. The van der Waals surface area contributed by atoms with Crippen molar-refractivity contribution >= 4 is 34.1 Å². The van der Waals surface area contributed by atoms with Crippen molar-refractivity contribution in [2.24, 2.45) is 0 Å². The molecule has 0 saturated carbocycles. The fraction of sp³-hybridized carbons (Fsp3) is 0.368. The van der Waals surface area contributed by atoms with E-state index in [1.54, 1.807) is 12.1 Å². The molecule has 0 bridgehead atoms. The number of carbonyl (C=O) groups excluding carboxylic acids is 3. The highest BCUT2D eigenvalue weighted by Crippen LogP contribution is 2.29. The molecule has 1 saturated heterocycles. The van der Waals surface area contributed by atoms with Crippen molar-refractivity contribution in [3.05, 3.63) is 46.0 Å². The first kappa shape index (κ1) is 16.9. The van der Waals surface area contributed by atoms with Crippen molar-refractivity contribution in [3.63, 3.8) is 0 Å². The third kappa shape index (κ3) is 3.39. The lowest BCUT2D eigenvalue weighted by molar-refractivity contribution is -0.128. The zero-order valence-corrected chi connectivity index (χ0v) is 15.1. The van der Waals surface area contributed by atoms with E-state index < -0.39 is 0 Å². The lowest BCUT2D eigenvalue weighted by atomic mass is 10.0. The van der Waals surface area contributed by atoms with Gasteiger partial charge in [0.2, 0.25) is 5.91 Å². The maximum atomic E-state index is 12.6. The van der Waals surface area contributed by atoms with Crippen molar-refractivity contribution in [1.82, 2.24) is 9.88 Å². The summed E-state index contributed by atoms with van der Waals surface area (Å²) in [5.41, 5.74) is 2.25. The van der Waals surface area contributed by atoms with Gasteiger partial charge in [0, 0.05) is 31.5 Å². The predicted octanol–water partition coefficient (Wildman–Crippen LogP) is 3.04. The maximum Gasteiger partial charge on any atom is 0.257 e. The first-order chi connectivity index (χ1) is 12.6. The fourth-order valence-electron chi connectivity index (χ4n) is 3.39. The normalized spacial score (nSPS) is 16.7. The van der Waals surface area contributed by atoms with Crippen LogP contribution >= 0.6 is 11.3 Å². The largest absolute Gasteiger partial charge is 0.338 e. The molecule has 2 aromatic rings. The molecular formula is C19H19N3O3S. The highest BCUT2D eigenvalue weighted by atomic mass is 32.1. The van der Waals surface area contributed by atoms with E-state index in [1.165, 1.54) is 11.3 Å². The second-order valence-corrected chi connectivity index (χ2v) is 7.64. The molecule has 1 aliphatic carbocycles. The Labute approximate surface area is 155 Å². The zero-order chi connectivity index (χ0) is 18.1. The highest BCUT2D eigenvalue weighted by Gasteiger charge is 2.23. The maximum absolute atomic E-state index is 12.6. The van der Waals surface area contributed by atoms with Crippen molar-refractivity contribution in [1.29, 1.82) is 0 Å². The summed E-state index contributed by atoms with van der Waals surface area (Å²) in [5.74, 6) is 0.0255. The number of anilines is 1. The summed E-state index contributed by atoms with van der Waals surface area (Å²) in [6.45, 7) is 1.30. The molecule has 1 aromatic heterocycles. The van der Waals surface area contributed by atoms with Crippen LogP contribution < -0.4 is 5.32 Å². The predicted molar refractivity (Wildman–Crippen MR) is 98.4 cm³/mol. The van der Waals surface area contributed by atoms with Crippen molar-refractivity contribution < 1.29 is 14.4 Å². The van der Waals surface area contributed by atoms with Crippen LogP contribution in [-0.4, -0.2) is 34.0 Å². The number of fused-ring (bicyclic) bond motifs is 1. The summed E-state index contributed by atoms with van der Waals surface area (Å²) in [6, 6.07) is 7.28. The molecule has 1 aromatic carbocycles. The number of thiazole rings is 1. The van der Waals surface area contributed by atoms with Crippen molar-refractivity contribution in [2.75, 3.05) is 11.9 Å². The number of aromatic nitrogens is 1. The van der Waals surface area contributed by atoms with E-state index in [2.05, 4.69) is 10.3 Å². The molecule has 2 heterocycles. The van der Waals surface area contributed by atoms with Gasteiger partial charge in [0.15, 0.2) is 10.9 Å². The van der Waals surface area contributed by atoms with Gasteiger partial charge in [-0.3, -0.25) is 19.7 Å². The Balaban J connectivity index is 1.47. The van der Waals surface area contributed by atoms with Gasteiger partial charge < -0.3 is 4.90 Å². The average Bonchev–Trinajstić information content (AvgIpc) is 3.22. The molecule has 0 atom stereocenters. The van der Waals surface area contributed by atoms with Gasteiger partial charge in [0.05, 0.1) is 10.6 Å². The topological polar surface area (TPSA) is 79.4 Å². The molecule has 1 aliphatic heterocycles. The Bertz CT molecular complexity index is 890. The number of rotatable bonds is 4. The van der Waals surface area contributed by atoms with Crippen LogP contribution in [0.1, 0.15) is 57.0 Å². The molecule has 2 amide bonds. The second-order valence-electron chi connectivity index (χ2n) is 6.64. The van der Waals surface area contributed by atoms with Crippen LogP contribution in [-0.2, 0) is 17.8 Å². The molecule has 2 aliphatic rings. The number of hydrogen-bond donors (Lipinski definition) is 1. The van der Waals surface area contributed by atoms with Gasteiger partial charge in [0.25, 0.3) is 5.91 Å².